The molecule has 0 radical (unpaired) electrons. The maximum absolute atomic E-state index is 15.9. The fourth-order valence-electron chi connectivity index (χ4n) is 10.6. The summed E-state index contributed by atoms with van der Waals surface area (Å²) in [6.07, 6.45) is -10.2. The number of amides is 2. The number of piperazine rings is 1. The molecule has 360 valence electrons. The molecule has 5 aliphatic rings. The molecule has 0 spiro atoms. The van der Waals surface area contributed by atoms with Crippen molar-refractivity contribution in [3.63, 3.8) is 0 Å². The number of carbonyl (C=O) groups is 6. The predicted octanol–water partition coefficient (Wildman–Crippen LogP) is 3.24. The predicted molar refractivity (Wildman–Crippen MR) is 229 cm³/mol. The Balaban J connectivity index is 1.41. The highest BCUT2D eigenvalue weighted by molar-refractivity contribution is 5.95. The van der Waals surface area contributed by atoms with E-state index in [2.05, 4.69) is 5.32 Å². The second kappa shape index (κ2) is 17.7. The zero-order valence-electron chi connectivity index (χ0n) is 38.7. The Morgan fingerprint density at radius 2 is 1.64 bits per heavy atom. The number of alkyl carbamates (subject to hydrolysis) is 1. The van der Waals surface area contributed by atoms with Gasteiger partial charge in [0.15, 0.2) is 23.6 Å². The SMILES string of the molecule is CC(=O)O[C@@]12CO[C@@H]1C[C@H](O)[C@@]1(C)C(=O)[C@H](OC(=O)N3CCN(C)CC3)C3=C(C)[C@@H](OC(=O)[C@H](O)[C@H](NC(=O)OC(C)(C)C)c4ccoc4)C[C@@](O)(C(OC(=O)c4ccccc4)C12)C3(C)C. The number of esters is 3. The van der Waals surface area contributed by atoms with Crippen LogP contribution in [-0.2, 0) is 42.8 Å². The number of aliphatic hydroxyl groups is 3. The van der Waals surface area contributed by atoms with E-state index in [9.17, 15) is 39.3 Å². The summed E-state index contributed by atoms with van der Waals surface area (Å²) in [5, 5.41) is 40.3. The van der Waals surface area contributed by atoms with Gasteiger partial charge in [-0.15, -0.1) is 0 Å². The van der Waals surface area contributed by atoms with Gasteiger partial charge in [-0.1, -0.05) is 32.0 Å². The van der Waals surface area contributed by atoms with E-state index in [0.717, 1.165) is 6.92 Å². The lowest BCUT2D eigenvalue weighted by molar-refractivity contribution is -0.345. The summed E-state index contributed by atoms with van der Waals surface area (Å²) in [5.74, 6) is -5.48. The highest BCUT2D eigenvalue weighted by Crippen LogP contribution is 2.64. The number of Topliss-reactive ketones (excluding diaryl/α,β-unsaturated/α-hetero) is 1. The molecule has 4 N–H and O–H groups in total. The van der Waals surface area contributed by atoms with Gasteiger partial charge in [-0.25, -0.2) is 19.2 Å². The van der Waals surface area contributed by atoms with Crippen molar-refractivity contribution in [1.29, 1.82) is 0 Å². The molecule has 2 saturated heterocycles. The molecule has 2 unspecified atom stereocenters. The van der Waals surface area contributed by atoms with Crippen LogP contribution in [0, 0.1) is 16.7 Å². The third kappa shape index (κ3) is 8.48. The highest BCUT2D eigenvalue weighted by atomic mass is 16.6. The van der Waals surface area contributed by atoms with E-state index in [1.807, 2.05) is 11.9 Å². The van der Waals surface area contributed by atoms with Crippen LogP contribution in [0.2, 0.25) is 0 Å². The minimum atomic E-state index is -2.43. The first kappa shape index (κ1) is 48.6. The van der Waals surface area contributed by atoms with Gasteiger partial charge in [0.25, 0.3) is 0 Å². The third-order valence-electron chi connectivity index (χ3n) is 14.3. The summed E-state index contributed by atoms with van der Waals surface area (Å²) in [4.78, 5) is 88.6. The van der Waals surface area contributed by atoms with Crippen LogP contribution in [-0.4, -0.2) is 154 Å². The average molecular weight is 924 g/mol. The van der Waals surface area contributed by atoms with E-state index >= 15 is 4.79 Å². The second-order valence-electron chi connectivity index (χ2n) is 19.9. The molecule has 2 amide bonds. The number of nitrogens with zero attached hydrogens (tertiary/aromatic N) is 2. The van der Waals surface area contributed by atoms with Crippen LogP contribution in [0.3, 0.4) is 0 Å². The fourth-order valence-corrected chi connectivity index (χ4v) is 10.6. The molecule has 2 bridgehead atoms. The van der Waals surface area contributed by atoms with Crippen LogP contribution in [0.25, 0.3) is 0 Å². The number of carbonyl (C=O) groups excluding carboxylic acids is 6. The van der Waals surface area contributed by atoms with Gasteiger partial charge < -0.3 is 63.3 Å². The number of ether oxygens (including phenoxy) is 6. The monoisotopic (exact) mass is 923 g/mol. The van der Waals surface area contributed by atoms with Crippen LogP contribution in [0.5, 0.6) is 0 Å². The Kier molecular flexibility index (Phi) is 13.0. The first-order chi connectivity index (χ1) is 30.9. The zero-order valence-corrected chi connectivity index (χ0v) is 38.7. The van der Waals surface area contributed by atoms with Crippen molar-refractivity contribution in [1.82, 2.24) is 15.1 Å². The Labute approximate surface area is 382 Å². The summed E-state index contributed by atoms with van der Waals surface area (Å²) >= 11 is 0. The van der Waals surface area contributed by atoms with Crippen LogP contribution in [0.4, 0.5) is 9.59 Å². The second-order valence-corrected chi connectivity index (χ2v) is 19.9. The quantitative estimate of drug-likeness (QED) is 0.160. The summed E-state index contributed by atoms with van der Waals surface area (Å²) in [6, 6.07) is 7.78. The molecule has 4 fully saturated rings. The van der Waals surface area contributed by atoms with E-state index in [4.69, 9.17) is 32.8 Å². The molecule has 2 aliphatic heterocycles. The number of nitrogens with one attached hydrogen (secondary N) is 1. The molecule has 3 aliphatic carbocycles. The van der Waals surface area contributed by atoms with Crippen LogP contribution in [0.1, 0.15) is 90.2 Å². The van der Waals surface area contributed by atoms with E-state index in [0.29, 0.717) is 13.1 Å². The molecular weight excluding hydrogens is 863 g/mol. The normalized spacial score (nSPS) is 32.7. The maximum atomic E-state index is 15.9. The van der Waals surface area contributed by atoms with Gasteiger partial charge >= 0.3 is 30.1 Å². The summed E-state index contributed by atoms with van der Waals surface area (Å²) in [5.41, 5.74) is -8.63. The van der Waals surface area contributed by atoms with Crippen LogP contribution >= 0.6 is 0 Å². The minimum Gasteiger partial charge on any atom is -0.472 e. The summed E-state index contributed by atoms with van der Waals surface area (Å²) < 4.78 is 41.5. The Bertz CT molecular complexity index is 2230. The average Bonchev–Trinajstić information content (AvgIpc) is 3.78. The molecule has 2 saturated carbocycles. The smallest absolute Gasteiger partial charge is 0.410 e. The van der Waals surface area contributed by atoms with E-state index in [1.54, 1.807) is 52.8 Å². The maximum Gasteiger partial charge on any atom is 0.410 e. The molecule has 1 aromatic heterocycles. The lowest BCUT2D eigenvalue weighted by Crippen LogP contribution is -2.82. The molecule has 11 atom stereocenters. The molecule has 19 heteroatoms. The number of likely N-dealkylation sites (N-methyl/N-ethyl adjacent to an activating group) is 1. The van der Waals surface area contributed by atoms with Gasteiger partial charge in [0.2, 0.25) is 0 Å². The van der Waals surface area contributed by atoms with E-state index in [1.165, 1.54) is 49.5 Å². The first-order valence-corrected chi connectivity index (χ1v) is 22.1. The molecule has 3 heterocycles. The van der Waals surface area contributed by atoms with E-state index in [-0.39, 0.29) is 48.4 Å². The number of hydrogen-bond acceptors (Lipinski definition) is 17. The van der Waals surface area contributed by atoms with Crippen molar-refractivity contribution in [2.45, 2.75) is 128 Å². The van der Waals surface area contributed by atoms with Gasteiger partial charge in [-0.05, 0) is 71.0 Å². The highest BCUT2D eigenvalue weighted by Gasteiger charge is 2.78. The lowest BCUT2D eigenvalue weighted by atomic mass is 9.44. The molecule has 1 aromatic carbocycles. The topological polar surface area (TPSA) is 250 Å². The number of benzene rings is 1. The van der Waals surface area contributed by atoms with Crippen molar-refractivity contribution in [3.05, 3.63) is 71.2 Å². The Morgan fingerprint density at radius 1 is 0.970 bits per heavy atom. The van der Waals surface area contributed by atoms with Gasteiger partial charge in [-0.3, -0.25) is 9.59 Å². The summed E-state index contributed by atoms with van der Waals surface area (Å²) in [7, 11) is 1.90. The Hall–Kier alpha value is -5.34. The molecular formula is C47H61N3O16. The van der Waals surface area contributed by atoms with Gasteiger partial charge in [-0.2, -0.15) is 0 Å². The number of ketones is 1. The van der Waals surface area contributed by atoms with Crippen molar-refractivity contribution in [3.8, 4) is 0 Å². The van der Waals surface area contributed by atoms with Gasteiger partial charge in [0, 0.05) is 56.9 Å². The number of rotatable bonds is 9. The van der Waals surface area contributed by atoms with E-state index < -0.39 is 119 Å². The van der Waals surface area contributed by atoms with Crippen molar-refractivity contribution >= 4 is 35.9 Å². The van der Waals surface area contributed by atoms with Crippen LogP contribution < -0.4 is 5.32 Å². The Morgan fingerprint density at radius 3 is 2.21 bits per heavy atom. The standard InChI is InChI=1S/C47H61N3O16/c1-25-29(62-40(56)34(53)33(28-15-20-60-23-28)48-41(57)66-43(3,4)5)22-47(59)38(64-39(55)27-13-11-10-12-14-27)36-45(8,30(52)21-31-46(36,24-61-31)65-26(2)51)37(54)35(32(25)44(47,6)7)63-42(58)50-18-16-49(9)17-19-50/h10-15,20,23,29-31,33-36,38,52-53,59H,16-19,21-22,24H2,1-9H3,(H,48,57)/t29-,30-,31+,33+,34+,35+,36?,38?,45+,46-,47+/m0/s1. The van der Waals surface area contributed by atoms with Gasteiger partial charge in [0.1, 0.15) is 29.5 Å². The first-order valence-electron chi connectivity index (χ1n) is 22.1. The number of aliphatic hydroxyl groups excluding tert-OH is 2. The van der Waals surface area contributed by atoms with Crippen molar-refractivity contribution in [2.24, 2.45) is 16.7 Å². The van der Waals surface area contributed by atoms with Crippen molar-refractivity contribution in [2.75, 3.05) is 39.8 Å². The number of furan rings is 1. The molecule has 7 rings (SSSR count). The van der Waals surface area contributed by atoms with Crippen LogP contribution in [0.15, 0.2) is 64.5 Å². The summed E-state index contributed by atoms with van der Waals surface area (Å²) in [6.45, 7) is 13.3. The molecule has 66 heavy (non-hydrogen) atoms. The van der Waals surface area contributed by atoms with Gasteiger partial charge in [0.05, 0.1) is 48.2 Å². The molecule has 2 aromatic rings. The lowest BCUT2D eigenvalue weighted by Gasteiger charge is -2.67. The third-order valence-corrected chi connectivity index (χ3v) is 14.3. The zero-order chi connectivity index (χ0) is 48.3. The minimum absolute atomic E-state index is 0.0181. The fraction of sp³-hybridized carbons (Fsp3) is 0.617. The molecule has 19 nitrogen and oxygen atoms in total. The van der Waals surface area contributed by atoms with Crippen molar-refractivity contribution < 1.29 is 76.9 Å². The largest absolute Gasteiger partial charge is 0.472 e. The number of hydrogen-bond donors (Lipinski definition) is 4. The number of fused-ring (bicyclic) bond motifs is 5.